The largest absolute Gasteiger partial charge is 0.493 e. The van der Waals surface area contributed by atoms with Crippen LogP contribution in [-0.4, -0.2) is 48.3 Å². The summed E-state index contributed by atoms with van der Waals surface area (Å²) < 4.78 is 19.4. The van der Waals surface area contributed by atoms with Crippen molar-refractivity contribution < 1.29 is 9.13 Å². The molecule has 1 aliphatic carbocycles. The first-order valence-corrected chi connectivity index (χ1v) is 10.7. The lowest BCUT2D eigenvalue weighted by Gasteiger charge is -2.18. The molecule has 0 bridgehead atoms. The number of alkyl halides is 1. The predicted octanol–water partition coefficient (Wildman–Crippen LogP) is 4.66. The molecule has 1 saturated heterocycles. The summed E-state index contributed by atoms with van der Waals surface area (Å²) in [6, 6.07) is 4.71. The number of likely N-dealkylation sites (tertiary alicyclic amines) is 1. The number of nitrogens with one attached hydrogen (secondary N) is 1. The third-order valence-corrected chi connectivity index (χ3v) is 5.87. The van der Waals surface area contributed by atoms with Crippen LogP contribution >= 0.6 is 0 Å². The minimum atomic E-state index is -0.648. The van der Waals surface area contributed by atoms with E-state index in [4.69, 9.17) is 9.72 Å². The Kier molecular flexibility index (Phi) is 5.72. The number of nitrogens with zero attached hydrogens (tertiary/aromatic N) is 2. The SMILES string of the molecule is Cc1cc2c3c(c(NC(C)C)nc2cc1OCCCN1CC[C@@H](F)C1)CCC3. The van der Waals surface area contributed by atoms with Crippen LogP contribution in [0.5, 0.6) is 5.75 Å². The fourth-order valence-electron chi connectivity index (χ4n) is 4.51. The van der Waals surface area contributed by atoms with Gasteiger partial charge < -0.3 is 15.0 Å². The summed E-state index contributed by atoms with van der Waals surface area (Å²) in [6.45, 7) is 9.44. The molecule has 1 N–H and O–H groups in total. The van der Waals surface area contributed by atoms with Crippen LogP contribution in [0.1, 0.15) is 49.8 Å². The van der Waals surface area contributed by atoms with Crippen molar-refractivity contribution in [3.8, 4) is 5.75 Å². The van der Waals surface area contributed by atoms with E-state index in [0.717, 1.165) is 55.0 Å². The lowest BCUT2D eigenvalue weighted by atomic mass is 10.0. The number of rotatable bonds is 7. The van der Waals surface area contributed by atoms with Gasteiger partial charge in [-0.15, -0.1) is 0 Å². The van der Waals surface area contributed by atoms with Crippen LogP contribution < -0.4 is 10.1 Å². The third kappa shape index (κ3) is 4.09. The van der Waals surface area contributed by atoms with Crippen LogP contribution in [0.25, 0.3) is 10.9 Å². The van der Waals surface area contributed by atoms with Gasteiger partial charge in [0.15, 0.2) is 0 Å². The van der Waals surface area contributed by atoms with E-state index < -0.39 is 6.17 Å². The van der Waals surface area contributed by atoms with Gasteiger partial charge in [-0.1, -0.05) is 0 Å². The number of aromatic nitrogens is 1. The summed E-state index contributed by atoms with van der Waals surface area (Å²) in [7, 11) is 0. The van der Waals surface area contributed by atoms with Gasteiger partial charge in [-0.25, -0.2) is 9.37 Å². The number of fused-ring (bicyclic) bond motifs is 3. The molecule has 5 heteroatoms. The molecule has 0 saturated carbocycles. The molecule has 0 amide bonds. The first-order chi connectivity index (χ1) is 13.5. The van der Waals surface area contributed by atoms with Crippen LogP contribution in [0.2, 0.25) is 0 Å². The van der Waals surface area contributed by atoms with E-state index in [-0.39, 0.29) is 0 Å². The zero-order chi connectivity index (χ0) is 19.7. The van der Waals surface area contributed by atoms with Gasteiger partial charge in [0.1, 0.15) is 17.7 Å². The fraction of sp³-hybridized carbons (Fsp3) is 0.609. The Morgan fingerprint density at radius 2 is 2.11 bits per heavy atom. The van der Waals surface area contributed by atoms with Crippen molar-refractivity contribution in [1.29, 1.82) is 0 Å². The Balaban J connectivity index is 1.49. The summed E-state index contributed by atoms with van der Waals surface area (Å²) in [5.74, 6) is 1.96. The van der Waals surface area contributed by atoms with Gasteiger partial charge in [0.2, 0.25) is 0 Å². The van der Waals surface area contributed by atoms with Crippen LogP contribution in [0.3, 0.4) is 0 Å². The maximum Gasteiger partial charge on any atom is 0.130 e. The molecule has 1 fully saturated rings. The van der Waals surface area contributed by atoms with E-state index in [1.54, 1.807) is 0 Å². The molecule has 1 atom stereocenters. The summed E-state index contributed by atoms with van der Waals surface area (Å²) in [5, 5.41) is 4.81. The number of halogens is 1. The van der Waals surface area contributed by atoms with E-state index in [2.05, 4.69) is 43.1 Å². The maximum atomic E-state index is 13.3. The van der Waals surface area contributed by atoms with Crippen LogP contribution in [0.4, 0.5) is 10.2 Å². The zero-order valence-electron chi connectivity index (χ0n) is 17.4. The Morgan fingerprint density at radius 1 is 1.29 bits per heavy atom. The van der Waals surface area contributed by atoms with Crippen molar-refractivity contribution in [2.45, 2.75) is 65.1 Å². The lowest BCUT2D eigenvalue weighted by molar-refractivity contribution is 0.248. The number of benzene rings is 1. The quantitative estimate of drug-likeness (QED) is 0.703. The first-order valence-electron chi connectivity index (χ1n) is 10.7. The maximum absolute atomic E-state index is 13.3. The molecular weight excluding hydrogens is 353 g/mol. The normalized spacial score (nSPS) is 19.5. The molecule has 1 aliphatic heterocycles. The van der Waals surface area contributed by atoms with E-state index >= 15 is 0 Å². The van der Waals surface area contributed by atoms with E-state index in [9.17, 15) is 4.39 Å². The molecule has 4 nitrogen and oxygen atoms in total. The molecule has 2 aromatic rings. The Bertz CT molecular complexity index is 852. The van der Waals surface area contributed by atoms with E-state index in [0.29, 0.717) is 25.6 Å². The van der Waals surface area contributed by atoms with Crippen molar-refractivity contribution in [3.05, 3.63) is 28.8 Å². The van der Waals surface area contributed by atoms with Crippen molar-refractivity contribution >= 4 is 16.7 Å². The van der Waals surface area contributed by atoms with Gasteiger partial charge >= 0.3 is 0 Å². The second kappa shape index (κ2) is 8.24. The molecule has 0 unspecified atom stereocenters. The lowest BCUT2D eigenvalue weighted by Crippen LogP contribution is -2.23. The summed E-state index contributed by atoms with van der Waals surface area (Å²) in [5.41, 5.74) is 5.03. The highest BCUT2D eigenvalue weighted by Crippen LogP contribution is 2.36. The molecule has 2 aliphatic rings. The number of anilines is 1. The molecule has 1 aromatic heterocycles. The van der Waals surface area contributed by atoms with Gasteiger partial charge in [0.05, 0.1) is 12.1 Å². The second-order valence-corrected chi connectivity index (χ2v) is 8.59. The highest BCUT2D eigenvalue weighted by molar-refractivity contribution is 5.88. The Morgan fingerprint density at radius 3 is 2.86 bits per heavy atom. The molecule has 28 heavy (non-hydrogen) atoms. The minimum absolute atomic E-state index is 0.366. The van der Waals surface area contributed by atoms with Gasteiger partial charge in [0.25, 0.3) is 0 Å². The smallest absolute Gasteiger partial charge is 0.130 e. The summed E-state index contributed by atoms with van der Waals surface area (Å²) in [4.78, 5) is 7.14. The topological polar surface area (TPSA) is 37.4 Å². The predicted molar refractivity (Wildman–Crippen MR) is 113 cm³/mol. The second-order valence-electron chi connectivity index (χ2n) is 8.59. The molecule has 0 spiro atoms. The van der Waals surface area contributed by atoms with Gasteiger partial charge in [-0.3, -0.25) is 0 Å². The summed E-state index contributed by atoms with van der Waals surface area (Å²) >= 11 is 0. The monoisotopic (exact) mass is 385 g/mol. The molecule has 4 rings (SSSR count). The number of pyridine rings is 1. The average molecular weight is 386 g/mol. The van der Waals surface area contributed by atoms with Crippen LogP contribution in [0, 0.1) is 6.92 Å². The van der Waals surface area contributed by atoms with Crippen molar-refractivity contribution in [3.63, 3.8) is 0 Å². The molecule has 152 valence electrons. The van der Waals surface area contributed by atoms with E-state index in [1.807, 2.05) is 0 Å². The molecule has 0 radical (unpaired) electrons. The van der Waals surface area contributed by atoms with Gasteiger partial charge in [0, 0.05) is 37.1 Å². The zero-order valence-corrected chi connectivity index (χ0v) is 17.4. The standard InChI is InChI=1S/C23H32FN3O/c1-15(2)25-23-19-7-4-6-18(19)20-12-16(3)22(13-21(20)26-23)28-11-5-9-27-10-8-17(24)14-27/h12-13,15,17H,4-11,14H2,1-3H3,(H,25,26)/t17-/m1/s1. The van der Waals surface area contributed by atoms with Crippen LogP contribution in [-0.2, 0) is 12.8 Å². The van der Waals surface area contributed by atoms with Gasteiger partial charge in [-0.2, -0.15) is 0 Å². The number of ether oxygens (including phenoxy) is 1. The fourth-order valence-corrected chi connectivity index (χ4v) is 4.51. The number of hydrogen-bond donors (Lipinski definition) is 1. The van der Waals surface area contributed by atoms with Crippen molar-refractivity contribution in [2.24, 2.45) is 0 Å². The first kappa shape index (κ1) is 19.4. The number of aryl methyl sites for hydroxylation is 2. The third-order valence-electron chi connectivity index (χ3n) is 5.87. The number of hydrogen-bond acceptors (Lipinski definition) is 4. The van der Waals surface area contributed by atoms with Crippen LogP contribution in [0.15, 0.2) is 12.1 Å². The van der Waals surface area contributed by atoms with Crippen molar-refractivity contribution in [1.82, 2.24) is 9.88 Å². The Labute approximate surface area is 167 Å². The van der Waals surface area contributed by atoms with Gasteiger partial charge in [-0.05, 0) is 75.6 Å². The van der Waals surface area contributed by atoms with Crippen molar-refractivity contribution in [2.75, 3.05) is 31.6 Å². The van der Waals surface area contributed by atoms with E-state index in [1.165, 1.54) is 22.9 Å². The molecule has 1 aromatic carbocycles. The average Bonchev–Trinajstić information content (AvgIpc) is 3.29. The Hall–Kier alpha value is -1.88. The molecule has 2 heterocycles. The molecular formula is C23H32FN3O. The highest BCUT2D eigenvalue weighted by Gasteiger charge is 2.22. The minimum Gasteiger partial charge on any atom is -0.493 e. The highest BCUT2D eigenvalue weighted by atomic mass is 19.1. The summed E-state index contributed by atoms with van der Waals surface area (Å²) in [6.07, 6.45) is 4.39.